The zero-order valence-electron chi connectivity index (χ0n) is 10.1. The van der Waals surface area contributed by atoms with Gasteiger partial charge in [-0.15, -0.1) is 0 Å². The summed E-state index contributed by atoms with van der Waals surface area (Å²) in [5.74, 6) is -1.47. The van der Waals surface area contributed by atoms with E-state index in [1.165, 1.54) is 24.3 Å². The van der Waals surface area contributed by atoms with Crippen molar-refractivity contribution in [1.29, 1.82) is 0 Å². The van der Waals surface area contributed by atoms with E-state index < -0.39 is 23.0 Å². The molecule has 1 saturated heterocycles. The lowest BCUT2D eigenvalue weighted by atomic mass is 10.1. The normalized spacial score (nSPS) is 21.8. The van der Waals surface area contributed by atoms with Crippen LogP contribution in [0.1, 0.15) is 17.3 Å². The molecule has 0 radical (unpaired) electrons. The van der Waals surface area contributed by atoms with Gasteiger partial charge in [-0.2, -0.15) is 0 Å². The number of nitro groups is 1. The van der Waals surface area contributed by atoms with Gasteiger partial charge < -0.3 is 9.47 Å². The van der Waals surface area contributed by atoms with Gasteiger partial charge in [0.15, 0.2) is 0 Å². The number of carbonyl (C=O) groups excluding carboxylic acids is 2. The third-order valence-corrected chi connectivity index (χ3v) is 2.79. The Labute approximate surface area is 108 Å². The number of hydrogen-bond donors (Lipinski definition) is 0. The Hall–Kier alpha value is -2.44. The second kappa shape index (κ2) is 5.05. The number of esters is 2. The van der Waals surface area contributed by atoms with E-state index in [4.69, 9.17) is 9.47 Å². The maximum Gasteiger partial charge on any atom is 0.347 e. The average Bonchev–Trinajstić information content (AvgIpc) is 2.70. The highest BCUT2D eigenvalue weighted by atomic mass is 16.6. The van der Waals surface area contributed by atoms with Crippen LogP contribution in [-0.4, -0.2) is 29.6 Å². The van der Waals surface area contributed by atoms with Crippen molar-refractivity contribution in [2.24, 2.45) is 5.92 Å². The van der Waals surface area contributed by atoms with Gasteiger partial charge in [0.05, 0.1) is 17.1 Å². The van der Waals surface area contributed by atoms with Crippen LogP contribution in [0.25, 0.3) is 0 Å². The predicted molar refractivity (Wildman–Crippen MR) is 62.4 cm³/mol. The van der Waals surface area contributed by atoms with Crippen LogP contribution >= 0.6 is 0 Å². The molecular formula is C12H11NO6. The van der Waals surface area contributed by atoms with Crippen LogP contribution in [0.4, 0.5) is 5.69 Å². The Balaban J connectivity index is 2.07. The molecule has 0 spiro atoms. The average molecular weight is 265 g/mol. The van der Waals surface area contributed by atoms with Gasteiger partial charge in [0.25, 0.3) is 5.69 Å². The van der Waals surface area contributed by atoms with Gasteiger partial charge in [-0.25, -0.2) is 9.59 Å². The predicted octanol–water partition coefficient (Wildman–Crippen LogP) is 1.31. The number of nitro benzene ring substituents is 1. The SMILES string of the molecule is C[C@@H]1COC(=O)[C@H]1OC(=O)c1ccc([N+](=O)[O-])cc1. The molecule has 7 nitrogen and oxygen atoms in total. The Bertz CT molecular complexity index is 524. The fraction of sp³-hybridized carbons (Fsp3) is 0.333. The third-order valence-electron chi connectivity index (χ3n) is 2.79. The molecule has 2 atom stereocenters. The zero-order chi connectivity index (χ0) is 14.0. The minimum absolute atomic E-state index is 0.120. The van der Waals surface area contributed by atoms with Crippen LogP contribution in [-0.2, 0) is 14.3 Å². The molecule has 1 aromatic carbocycles. The summed E-state index contributed by atoms with van der Waals surface area (Å²) >= 11 is 0. The van der Waals surface area contributed by atoms with Crippen LogP contribution in [0, 0.1) is 16.0 Å². The first-order valence-electron chi connectivity index (χ1n) is 5.61. The Kier molecular flexibility index (Phi) is 3.46. The summed E-state index contributed by atoms with van der Waals surface area (Å²) in [4.78, 5) is 33.0. The summed E-state index contributed by atoms with van der Waals surface area (Å²) in [6.45, 7) is 1.95. The minimum atomic E-state index is -0.914. The number of benzene rings is 1. The molecule has 1 aliphatic rings. The maximum atomic E-state index is 11.8. The summed E-state index contributed by atoms with van der Waals surface area (Å²) in [7, 11) is 0. The number of cyclic esters (lactones) is 1. The van der Waals surface area contributed by atoms with E-state index >= 15 is 0 Å². The van der Waals surface area contributed by atoms with E-state index in [9.17, 15) is 19.7 Å². The molecule has 1 heterocycles. The topological polar surface area (TPSA) is 95.7 Å². The molecule has 1 aliphatic heterocycles. The fourth-order valence-corrected chi connectivity index (χ4v) is 1.68. The van der Waals surface area contributed by atoms with Crippen LogP contribution in [0.15, 0.2) is 24.3 Å². The van der Waals surface area contributed by atoms with Gasteiger partial charge in [0.1, 0.15) is 0 Å². The molecule has 7 heteroatoms. The molecule has 1 fully saturated rings. The van der Waals surface area contributed by atoms with E-state index in [1.54, 1.807) is 6.92 Å². The minimum Gasteiger partial charge on any atom is -0.462 e. The standard InChI is InChI=1S/C12H11NO6/c1-7-6-18-12(15)10(7)19-11(14)8-2-4-9(5-3-8)13(16)17/h2-5,7,10H,6H2,1H3/t7-,10+/m1/s1. The highest BCUT2D eigenvalue weighted by Gasteiger charge is 2.37. The van der Waals surface area contributed by atoms with Crippen molar-refractivity contribution in [2.45, 2.75) is 13.0 Å². The Morgan fingerprint density at radius 2 is 2.05 bits per heavy atom. The monoisotopic (exact) mass is 265 g/mol. The third kappa shape index (κ3) is 2.70. The molecule has 0 bridgehead atoms. The molecule has 0 aliphatic carbocycles. The zero-order valence-corrected chi connectivity index (χ0v) is 10.1. The van der Waals surface area contributed by atoms with Crippen LogP contribution in [0.3, 0.4) is 0 Å². The number of non-ortho nitro benzene ring substituents is 1. The summed E-state index contributed by atoms with van der Waals surface area (Å²) in [5.41, 5.74) is 0.0303. The van der Waals surface area contributed by atoms with Crippen molar-refractivity contribution in [3.63, 3.8) is 0 Å². The molecule has 2 rings (SSSR count). The second-order valence-electron chi connectivity index (χ2n) is 4.24. The van der Waals surface area contributed by atoms with Gasteiger partial charge >= 0.3 is 11.9 Å². The number of ether oxygens (including phenoxy) is 2. The first-order valence-corrected chi connectivity index (χ1v) is 5.61. The summed E-state index contributed by atoms with van der Waals surface area (Å²) < 4.78 is 9.80. The number of carbonyl (C=O) groups is 2. The highest BCUT2D eigenvalue weighted by molar-refractivity contribution is 5.92. The van der Waals surface area contributed by atoms with Crippen molar-refractivity contribution in [2.75, 3.05) is 6.61 Å². The van der Waals surface area contributed by atoms with Gasteiger partial charge in [0.2, 0.25) is 6.10 Å². The molecule has 0 N–H and O–H groups in total. The highest BCUT2D eigenvalue weighted by Crippen LogP contribution is 2.20. The first-order chi connectivity index (χ1) is 8.99. The van der Waals surface area contributed by atoms with Crippen LogP contribution < -0.4 is 0 Å². The van der Waals surface area contributed by atoms with Gasteiger partial charge in [-0.3, -0.25) is 10.1 Å². The molecule has 0 amide bonds. The number of rotatable bonds is 3. The molecule has 1 aromatic rings. The summed E-state index contributed by atoms with van der Waals surface area (Å²) in [6, 6.07) is 4.97. The Morgan fingerprint density at radius 3 is 2.53 bits per heavy atom. The van der Waals surface area contributed by atoms with Crippen molar-refractivity contribution < 1.29 is 24.0 Å². The number of nitrogens with zero attached hydrogens (tertiary/aromatic N) is 1. The van der Waals surface area contributed by atoms with Crippen molar-refractivity contribution in [3.05, 3.63) is 39.9 Å². The summed E-state index contributed by atoms with van der Waals surface area (Å²) in [6.07, 6.45) is -0.914. The van der Waals surface area contributed by atoms with Crippen molar-refractivity contribution >= 4 is 17.6 Å². The lowest BCUT2D eigenvalue weighted by Crippen LogP contribution is -2.27. The van der Waals surface area contributed by atoms with Crippen LogP contribution in [0.5, 0.6) is 0 Å². The Morgan fingerprint density at radius 1 is 1.42 bits per heavy atom. The van der Waals surface area contributed by atoms with E-state index in [-0.39, 0.29) is 23.8 Å². The van der Waals surface area contributed by atoms with Crippen LogP contribution in [0.2, 0.25) is 0 Å². The van der Waals surface area contributed by atoms with Crippen molar-refractivity contribution in [1.82, 2.24) is 0 Å². The van der Waals surface area contributed by atoms with E-state index in [0.29, 0.717) is 0 Å². The number of hydrogen-bond acceptors (Lipinski definition) is 6. The van der Waals surface area contributed by atoms with Gasteiger partial charge in [-0.1, -0.05) is 6.92 Å². The lowest BCUT2D eigenvalue weighted by Gasteiger charge is -2.11. The van der Waals surface area contributed by atoms with Gasteiger partial charge in [0, 0.05) is 18.1 Å². The smallest absolute Gasteiger partial charge is 0.347 e. The first kappa shape index (κ1) is 13.0. The second-order valence-corrected chi connectivity index (χ2v) is 4.24. The van der Waals surface area contributed by atoms with E-state index in [0.717, 1.165) is 0 Å². The molecule has 0 saturated carbocycles. The molecule has 19 heavy (non-hydrogen) atoms. The van der Waals surface area contributed by atoms with E-state index in [2.05, 4.69) is 0 Å². The quantitative estimate of drug-likeness (QED) is 0.464. The fourth-order valence-electron chi connectivity index (χ4n) is 1.68. The van der Waals surface area contributed by atoms with E-state index in [1.807, 2.05) is 0 Å². The van der Waals surface area contributed by atoms with Gasteiger partial charge in [-0.05, 0) is 12.1 Å². The largest absolute Gasteiger partial charge is 0.462 e. The van der Waals surface area contributed by atoms with Crippen molar-refractivity contribution in [3.8, 4) is 0 Å². The molecule has 0 unspecified atom stereocenters. The summed E-state index contributed by atoms with van der Waals surface area (Å²) in [5, 5.41) is 10.5. The maximum absolute atomic E-state index is 11.8. The molecule has 0 aromatic heterocycles. The molecular weight excluding hydrogens is 254 g/mol. The molecule has 100 valence electrons. The lowest BCUT2D eigenvalue weighted by molar-refractivity contribution is -0.384.